The van der Waals surface area contributed by atoms with E-state index in [0.29, 0.717) is 23.3 Å². The third kappa shape index (κ3) is 3.49. The van der Waals surface area contributed by atoms with Gasteiger partial charge in [-0.1, -0.05) is 11.8 Å². The minimum absolute atomic E-state index is 0.00250. The first-order chi connectivity index (χ1) is 7.54. The summed E-state index contributed by atoms with van der Waals surface area (Å²) in [4.78, 5) is 11.4. The van der Waals surface area contributed by atoms with Crippen molar-refractivity contribution < 1.29 is 4.79 Å². The molecule has 0 aromatic carbocycles. The van der Waals surface area contributed by atoms with E-state index >= 15 is 0 Å². The average Bonchev–Trinajstić information content (AvgIpc) is 2.55. The molecule has 1 amide bonds. The quantitative estimate of drug-likeness (QED) is 0.705. The number of nitrogens with two attached hydrogens (primary N) is 1. The van der Waals surface area contributed by atoms with E-state index in [9.17, 15) is 4.79 Å². The Labute approximate surface area is 99.0 Å². The fourth-order valence-electron chi connectivity index (χ4n) is 1.14. The zero-order valence-electron chi connectivity index (χ0n) is 9.73. The van der Waals surface area contributed by atoms with Crippen LogP contribution in [0.3, 0.4) is 0 Å². The van der Waals surface area contributed by atoms with Crippen LogP contribution in [0.25, 0.3) is 0 Å². The van der Waals surface area contributed by atoms with Gasteiger partial charge in [0.05, 0.1) is 12.3 Å². The number of nitrogens with one attached hydrogen (secondary N) is 1. The first-order valence-electron chi connectivity index (χ1n) is 5.05. The van der Waals surface area contributed by atoms with Crippen molar-refractivity contribution in [1.29, 1.82) is 0 Å². The van der Waals surface area contributed by atoms with Crippen LogP contribution >= 0.6 is 11.8 Å². The molecule has 1 heterocycles. The Morgan fingerprint density at radius 1 is 1.56 bits per heavy atom. The Morgan fingerprint density at radius 2 is 2.25 bits per heavy atom. The first-order valence-corrected chi connectivity index (χ1v) is 6.03. The van der Waals surface area contributed by atoms with Gasteiger partial charge in [0.15, 0.2) is 5.16 Å². The predicted molar refractivity (Wildman–Crippen MR) is 62.9 cm³/mol. The molecule has 0 saturated heterocycles. The highest BCUT2D eigenvalue weighted by Gasteiger charge is 2.10. The summed E-state index contributed by atoms with van der Waals surface area (Å²) in [5.41, 5.74) is 5.47. The molecule has 1 aromatic heterocycles. The van der Waals surface area contributed by atoms with Gasteiger partial charge in [-0.2, -0.15) is 0 Å². The van der Waals surface area contributed by atoms with Gasteiger partial charge in [0.25, 0.3) is 0 Å². The Morgan fingerprint density at radius 3 is 2.75 bits per heavy atom. The van der Waals surface area contributed by atoms with Gasteiger partial charge in [0.2, 0.25) is 5.91 Å². The molecule has 0 atom stereocenters. The molecule has 0 bridgehead atoms. The molecule has 0 spiro atoms. The molecule has 7 heteroatoms. The summed E-state index contributed by atoms with van der Waals surface area (Å²) in [7, 11) is 1.84. The van der Waals surface area contributed by atoms with Gasteiger partial charge < -0.3 is 15.6 Å². The Bertz CT molecular complexity index is 363. The maximum Gasteiger partial charge on any atom is 0.230 e. The highest BCUT2D eigenvalue weighted by atomic mass is 32.2. The van der Waals surface area contributed by atoms with Crippen LogP contribution in [0.15, 0.2) is 5.16 Å². The lowest BCUT2D eigenvalue weighted by Crippen LogP contribution is -2.31. The van der Waals surface area contributed by atoms with E-state index in [2.05, 4.69) is 15.5 Å². The van der Waals surface area contributed by atoms with E-state index in [4.69, 9.17) is 5.73 Å². The molecule has 16 heavy (non-hydrogen) atoms. The summed E-state index contributed by atoms with van der Waals surface area (Å²) in [5, 5.41) is 11.4. The second-order valence-electron chi connectivity index (χ2n) is 3.67. The molecule has 90 valence electrons. The van der Waals surface area contributed by atoms with E-state index < -0.39 is 0 Å². The van der Waals surface area contributed by atoms with Crippen molar-refractivity contribution >= 4 is 17.7 Å². The van der Waals surface area contributed by atoms with Crippen molar-refractivity contribution in [2.75, 3.05) is 5.75 Å². The van der Waals surface area contributed by atoms with Crippen molar-refractivity contribution in [3.8, 4) is 0 Å². The number of hydrogen-bond donors (Lipinski definition) is 2. The normalized spacial score (nSPS) is 10.8. The SMILES string of the molecule is CC(C)NC(=O)CSc1nnc(CN)n1C. The van der Waals surface area contributed by atoms with Crippen molar-refractivity contribution in [2.45, 2.75) is 31.6 Å². The van der Waals surface area contributed by atoms with E-state index in [-0.39, 0.29) is 11.9 Å². The van der Waals surface area contributed by atoms with Crippen LogP contribution in [0.2, 0.25) is 0 Å². The molecule has 0 radical (unpaired) electrons. The molecule has 0 saturated carbocycles. The van der Waals surface area contributed by atoms with Gasteiger partial charge in [-0.15, -0.1) is 10.2 Å². The molecule has 1 aromatic rings. The molecule has 0 fully saturated rings. The van der Waals surface area contributed by atoms with Crippen LogP contribution in [-0.4, -0.2) is 32.5 Å². The van der Waals surface area contributed by atoms with Crippen LogP contribution in [0.5, 0.6) is 0 Å². The number of rotatable bonds is 5. The lowest BCUT2D eigenvalue weighted by atomic mass is 10.4. The summed E-state index contributed by atoms with van der Waals surface area (Å²) in [6.45, 7) is 4.21. The maximum absolute atomic E-state index is 11.4. The molecule has 0 aliphatic heterocycles. The van der Waals surface area contributed by atoms with Gasteiger partial charge in [0, 0.05) is 13.1 Å². The summed E-state index contributed by atoms with van der Waals surface area (Å²) in [6, 6.07) is 0.159. The molecule has 0 aliphatic rings. The average molecular weight is 243 g/mol. The van der Waals surface area contributed by atoms with Gasteiger partial charge in [0.1, 0.15) is 5.82 Å². The van der Waals surface area contributed by atoms with Crippen LogP contribution in [0.4, 0.5) is 0 Å². The monoisotopic (exact) mass is 243 g/mol. The molecule has 0 unspecified atom stereocenters. The lowest BCUT2D eigenvalue weighted by Gasteiger charge is -2.07. The third-order valence-corrected chi connectivity index (χ3v) is 2.91. The van der Waals surface area contributed by atoms with Gasteiger partial charge in [-0.3, -0.25) is 4.79 Å². The van der Waals surface area contributed by atoms with Crippen molar-refractivity contribution in [2.24, 2.45) is 12.8 Å². The van der Waals surface area contributed by atoms with Crippen LogP contribution in [-0.2, 0) is 18.4 Å². The molecular weight excluding hydrogens is 226 g/mol. The number of aromatic nitrogens is 3. The predicted octanol–water partition coefficient (Wildman–Crippen LogP) is -0.109. The topological polar surface area (TPSA) is 85.8 Å². The zero-order chi connectivity index (χ0) is 12.1. The van der Waals surface area contributed by atoms with E-state index in [0.717, 1.165) is 0 Å². The van der Waals surface area contributed by atoms with E-state index in [1.807, 2.05) is 20.9 Å². The van der Waals surface area contributed by atoms with Gasteiger partial charge >= 0.3 is 0 Å². The third-order valence-electron chi connectivity index (χ3n) is 1.89. The number of thioether (sulfide) groups is 1. The number of carbonyl (C=O) groups is 1. The smallest absolute Gasteiger partial charge is 0.230 e. The van der Waals surface area contributed by atoms with Crippen molar-refractivity contribution in [3.63, 3.8) is 0 Å². The minimum Gasteiger partial charge on any atom is -0.353 e. The Kier molecular flexibility index (Phi) is 4.75. The molecule has 6 nitrogen and oxygen atoms in total. The Hall–Kier alpha value is -1.08. The van der Waals surface area contributed by atoms with Gasteiger partial charge in [-0.25, -0.2) is 0 Å². The Balaban J connectivity index is 2.48. The zero-order valence-corrected chi connectivity index (χ0v) is 10.5. The number of amides is 1. The standard InChI is InChI=1S/C9H17N5OS/c1-6(2)11-8(15)5-16-9-13-12-7(4-10)14(9)3/h6H,4-5,10H2,1-3H3,(H,11,15). The fourth-order valence-corrected chi connectivity index (χ4v) is 1.88. The molecule has 3 N–H and O–H groups in total. The molecule has 1 rings (SSSR count). The van der Waals surface area contributed by atoms with Crippen LogP contribution < -0.4 is 11.1 Å². The van der Waals surface area contributed by atoms with Crippen molar-refractivity contribution in [3.05, 3.63) is 5.82 Å². The maximum atomic E-state index is 11.4. The summed E-state index contributed by atoms with van der Waals surface area (Å²) >= 11 is 1.36. The largest absolute Gasteiger partial charge is 0.353 e. The second-order valence-corrected chi connectivity index (χ2v) is 4.62. The van der Waals surface area contributed by atoms with Crippen LogP contribution in [0, 0.1) is 0 Å². The number of carbonyl (C=O) groups excluding carboxylic acids is 1. The molecule has 0 aliphatic carbocycles. The number of nitrogens with zero attached hydrogens (tertiary/aromatic N) is 3. The number of hydrogen-bond acceptors (Lipinski definition) is 5. The van der Waals surface area contributed by atoms with Crippen LogP contribution in [0.1, 0.15) is 19.7 Å². The fraction of sp³-hybridized carbons (Fsp3) is 0.667. The van der Waals surface area contributed by atoms with E-state index in [1.54, 1.807) is 4.57 Å². The first kappa shape index (κ1) is 13.0. The second kappa shape index (κ2) is 5.86. The molecular formula is C9H17N5OS. The summed E-state index contributed by atoms with van der Waals surface area (Å²) in [6.07, 6.45) is 0. The summed E-state index contributed by atoms with van der Waals surface area (Å²) in [5.74, 6) is 1.05. The minimum atomic E-state index is -0.00250. The van der Waals surface area contributed by atoms with Gasteiger partial charge in [-0.05, 0) is 13.8 Å². The highest BCUT2D eigenvalue weighted by Crippen LogP contribution is 2.14. The van der Waals surface area contributed by atoms with E-state index in [1.165, 1.54) is 11.8 Å². The van der Waals surface area contributed by atoms with Crippen molar-refractivity contribution in [1.82, 2.24) is 20.1 Å². The lowest BCUT2D eigenvalue weighted by molar-refractivity contribution is -0.119. The summed E-state index contributed by atoms with van der Waals surface area (Å²) < 4.78 is 1.80. The highest BCUT2D eigenvalue weighted by molar-refractivity contribution is 7.99.